The minimum atomic E-state index is 0.457. The number of aryl methyl sites for hydroxylation is 1. The molecular weight excluding hydrogens is 546 g/mol. The lowest BCUT2D eigenvalue weighted by Crippen LogP contribution is -2.32. The molecule has 0 unspecified atom stereocenters. The first-order valence-corrected chi connectivity index (χ1v) is 13.6. The van der Waals surface area contributed by atoms with Gasteiger partial charge in [-0.1, -0.05) is 15.9 Å². The zero-order chi connectivity index (χ0) is 23.4. The number of nitrogens with zero attached hydrogens (tertiary/aromatic N) is 3. The fourth-order valence-electron chi connectivity index (χ4n) is 5.09. The monoisotopic (exact) mass is 579 g/mol. The van der Waals surface area contributed by atoms with Crippen molar-refractivity contribution in [2.75, 3.05) is 38.0 Å². The highest BCUT2D eigenvalue weighted by molar-refractivity contribution is 9.11. The number of aromatic nitrogens is 2. The Labute approximate surface area is 214 Å². The number of ether oxygens (including phenoxy) is 1. The molecule has 180 valence electrons. The summed E-state index contributed by atoms with van der Waals surface area (Å²) in [7, 11) is 5.89. The number of hydrogen-bond acceptors (Lipinski definition) is 6. The van der Waals surface area contributed by atoms with E-state index >= 15 is 0 Å². The Morgan fingerprint density at radius 2 is 1.82 bits per heavy atom. The van der Waals surface area contributed by atoms with Crippen LogP contribution in [-0.4, -0.2) is 43.8 Å². The number of methoxy groups -OCH3 is 1. The maximum Gasteiger partial charge on any atom is 0.225 e. The van der Waals surface area contributed by atoms with E-state index in [1.54, 1.807) is 7.11 Å². The van der Waals surface area contributed by atoms with Crippen LogP contribution in [0.4, 0.5) is 11.8 Å². The minimum Gasteiger partial charge on any atom is -0.495 e. The predicted molar refractivity (Wildman–Crippen MR) is 142 cm³/mol. The van der Waals surface area contributed by atoms with Crippen molar-refractivity contribution in [3.63, 3.8) is 0 Å². The first-order valence-electron chi connectivity index (χ1n) is 12.0. The molecule has 6 nitrogen and oxygen atoms in total. The molecule has 0 amide bonds. The topological polar surface area (TPSA) is 62.3 Å². The Morgan fingerprint density at radius 3 is 2.55 bits per heavy atom. The molecule has 0 spiro atoms. The van der Waals surface area contributed by atoms with Gasteiger partial charge in [0.05, 0.1) is 17.3 Å². The van der Waals surface area contributed by atoms with Crippen molar-refractivity contribution in [1.82, 2.24) is 15.3 Å². The normalized spacial score (nSPS) is 20.3. The summed E-state index contributed by atoms with van der Waals surface area (Å²) in [6, 6.07) is 4.60. The van der Waals surface area contributed by atoms with Gasteiger partial charge in [0, 0.05) is 42.3 Å². The highest BCUT2D eigenvalue weighted by Crippen LogP contribution is 2.33. The lowest BCUT2D eigenvalue weighted by molar-refractivity contribution is 0.322. The first kappa shape index (κ1) is 24.7. The largest absolute Gasteiger partial charge is 0.495 e. The molecule has 0 bridgehead atoms. The van der Waals surface area contributed by atoms with Crippen LogP contribution in [0.2, 0.25) is 0 Å². The number of fused-ring (bicyclic) bond motifs is 1. The Balaban J connectivity index is 1.28. The van der Waals surface area contributed by atoms with E-state index in [-0.39, 0.29) is 0 Å². The van der Waals surface area contributed by atoms with Crippen LogP contribution in [0, 0.1) is 5.92 Å². The second-order valence-corrected chi connectivity index (χ2v) is 11.2. The maximum atomic E-state index is 5.57. The average molecular weight is 581 g/mol. The smallest absolute Gasteiger partial charge is 0.225 e. The van der Waals surface area contributed by atoms with Gasteiger partial charge in [0.2, 0.25) is 5.95 Å². The number of anilines is 2. The van der Waals surface area contributed by atoms with Crippen LogP contribution in [0.5, 0.6) is 5.75 Å². The lowest BCUT2D eigenvalue weighted by atomic mass is 9.86. The molecule has 1 aromatic carbocycles. The summed E-state index contributed by atoms with van der Waals surface area (Å²) >= 11 is 7.17. The van der Waals surface area contributed by atoms with E-state index in [0.717, 1.165) is 70.8 Å². The molecule has 1 saturated carbocycles. The van der Waals surface area contributed by atoms with Crippen LogP contribution in [0.1, 0.15) is 55.3 Å². The first-order chi connectivity index (χ1) is 15.9. The molecule has 0 aliphatic heterocycles. The molecule has 4 rings (SSSR count). The predicted octanol–water partition coefficient (Wildman–Crippen LogP) is 5.72. The zero-order valence-corrected chi connectivity index (χ0v) is 23.1. The molecule has 2 aromatic rings. The van der Waals surface area contributed by atoms with Gasteiger partial charge in [-0.25, -0.2) is 4.98 Å². The van der Waals surface area contributed by atoms with Crippen LogP contribution in [-0.2, 0) is 19.4 Å². The summed E-state index contributed by atoms with van der Waals surface area (Å²) < 4.78 is 7.60. The van der Waals surface area contributed by atoms with Crippen molar-refractivity contribution in [3.05, 3.63) is 37.9 Å². The van der Waals surface area contributed by atoms with Crippen LogP contribution >= 0.6 is 31.9 Å². The second-order valence-electron chi connectivity index (χ2n) is 9.47. The van der Waals surface area contributed by atoms with Gasteiger partial charge in [-0.2, -0.15) is 4.98 Å². The summed E-state index contributed by atoms with van der Waals surface area (Å²) in [6.45, 7) is 1.83. The quantitative estimate of drug-likeness (QED) is 0.417. The highest BCUT2D eigenvalue weighted by Gasteiger charge is 2.24. The van der Waals surface area contributed by atoms with Gasteiger partial charge in [0.1, 0.15) is 11.6 Å². The number of halogens is 2. The van der Waals surface area contributed by atoms with E-state index in [0.29, 0.717) is 12.0 Å². The van der Waals surface area contributed by atoms with Crippen molar-refractivity contribution in [1.29, 1.82) is 0 Å². The minimum absolute atomic E-state index is 0.457. The Hall–Kier alpha value is -1.38. The van der Waals surface area contributed by atoms with Crippen LogP contribution in [0.25, 0.3) is 0 Å². The molecular formula is C25H35Br2N5O. The lowest BCUT2D eigenvalue weighted by Gasteiger charge is -2.30. The SMILES string of the molecule is COc1c(Br)cc(Br)cc1CNC[C@H]1CC[C@@H](Nc2nc3c(c(N(C)C)n2)CCCC3)CC1. The van der Waals surface area contributed by atoms with E-state index in [2.05, 4.69) is 67.6 Å². The summed E-state index contributed by atoms with van der Waals surface area (Å²) in [4.78, 5) is 11.9. The van der Waals surface area contributed by atoms with Gasteiger partial charge in [0.25, 0.3) is 0 Å². The zero-order valence-electron chi connectivity index (χ0n) is 19.9. The number of hydrogen-bond donors (Lipinski definition) is 2. The van der Waals surface area contributed by atoms with Gasteiger partial charge < -0.3 is 20.3 Å². The van der Waals surface area contributed by atoms with Crippen LogP contribution in [0.3, 0.4) is 0 Å². The molecule has 8 heteroatoms. The Kier molecular flexibility index (Phi) is 8.52. The van der Waals surface area contributed by atoms with Crippen molar-refractivity contribution < 1.29 is 4.74 Å². The van der Waals surface area contributed by atoms with Crippen LogP contribution in [0.15, 0.2) is 21.1 Å². The fraction of sp³-hybridized carbons (Fsp3) is 0.600. The third kappa shape index (κ3) is 6.20. The van der Waals surface area contributed by atoms with E-state index in [1.807, 2.05) is 6.07 Å². The molecule has 0 radical (unpaired) electrons. The van der Waals surface area contributed by atoms with E-state index in [9.17, 15) is 0 Å². The van der Waals surface area contributed by atoms with Crippen molar-refractivity contribution >= 4 is 43.6 Å². The molecule has 2 N–H and O–H groups in total. The highest BCUT2D eigenvalue weighted by atomic mass is 79.9. The van der Waals surface area contributed by atoms with Crippen molar-refractivity contribution in [2.45, 2.75) is 64.0 Å². The third-order valence-electron chi connectivity index (χ3n) is 6.80. The van der Waals surface area contributed by atoms with Gasteiger partial charge >= 0.3 is 0 Å². The molecule has 2 aliphatic carbocycles. The fourth-order valence-corrected chi connectivity index (χ4v) is 6.56. The molecule has 33 heavy (non-hydrogen) atoms. The third-order valence-corrected chi connectivity index (χ3v) is 7.85. The van der Waals surface area contributed by atoms with Gasteiger partial charge in [-0.3, -0.25) is 0 Å². The number of benzene rings is 1. The average Bonchev–Trinajstić information content (AvgIpc) is 2.79. The van der Waals surface area contributed by atoms with E-state index in [4.69, 9.17) is 14.7 Å². The maximum absolute atomic E-state index is 5.57. The molecule has 0 atom stereocenters. The summed E-state index contributed by atoms with van der Waals surface area (Å²) in [5, 5.41) is 7.31. The molecule has 2 aliphatic rings. The second kappa shape index (κ2) is 11.4. The van der Waals surface area contributed by atoms with Crippen molar-refractivity contribution in [3.8, 4) is 5.75 Å². The van der Waals surface area contributed by atoms with E-state index in [1.165, 1.54) is 36.9 Å². The summed E-state index contributed by atoms with van der Waals surface area (Å²) in [5.74, 6) is 3.51. The molecule has 0 saturated heterocycles. The van der Waals surface area contributed by atoms with Gasteiger partial charge in [-0.05, 0) is 91.9 Å². The van der Waals surface area contributed by atoms with Gasteiger partial charge in [0.15, 0.2) is 0 Å². The molecule has 1 heterocycles. The Morgan fingerprint density at radius 1 is 1.06 bits per heavy atom. The Bertz CT molecular complexity index is 960. The van der Waals surface area contributed by atoms with Gasteiger partial charge in [-0.15, -0.1) is 0 Å². The van der Waals surface area contributed by atoms with E-state index < -0.39 is 0 Å². The number of rotatable bonds is 8. The standard InChI is InChI=1S/C25H35Br2N5O/c1-32(2)24-20-6-4-5-7-22(20)30-25(31-24)29-19-10-8-16(9-11-19)14-28-15-17-12-18(26)13-21(27)23(17)33-3/h12-13,16,19,28H,4-11,14-15H2,1-3H3,(H,29,30,31)/t16-,19+. The molecule has 1 fully saturated rings. The van der Waals surface area contributed by atoms with Crippen LogP contribution < -0.4 is 20.3 Å². The molecule has 1 aromatic heterocycles. The summed E-state index contributed by atoms with van der Waals surface area (Å²) in [6.07, 6.45) is 9.41. The summed E-state index contributed by atoms with van der Waals surface area (Å²) in [5.41, 5.74) is 3.76. The van der Waals surface area contributed by atoms with Crippen molar-refractivity contribution in [2.24, 2.45) is 5.92 Å². The number of nitrogens with one attached hydrogen (secondary N) is 2.